The Bertz CT molecular complexity index is 413. The van der Waals surface area contributed by atoms with Gasteiger partial charge < -0.3 is 5.11 Å². The topological polar surface area (TPSA) is 33.1 Å². The van der Waals surface area contributed by atoms with Crippen LogP contribution in [0.3, 0.4) is 0 Å². The number of aromatic nitrogens is 1. The molecule has 2 heterocycles. The number of hydrogen-bond acceptors (Lipinski definition) is 3. The highest BCUT2D eigenvalue weighted by Gasteiger charge is 2.10. The van der Waals surface area contributed by atoms with E-state index >= 15 is 0 Å². The second-order valence-electron chi connectivity index (χ2n) is 3.25. The SMILES string of the molecule is OC(Cc1ccsc1)c1ccc(F)cn1. The zero-order valence-corrected chi connectivity index (χ0v) is 8.75. The fourth-order valence-electron chi connectivity index (χ4n) is 1.32. The van der Waals surface area contributed by atoms with Gasteiger partial charge in [0.2, 0.25) is 0 Å². The van der Waals surface area contributed by atoms with Gasteiger partial charge >= 0.3 is 0 Å². The number of rotatable bonds is 3. The first-order valence-electron chi connectivity index (χ1n) is 4.56. The number of pyridine rings is 1. The molecule has 0 aromatic carbocycles. The molecular weight excluding hydrogens is 213 g/mol. The van der Waals surface area contributed by atoms with E-state index in [1.807, 2.05) is 16.8 Å². The molecule has 2 rings (SSSR count). The standard InChI is InChI=1S/C11H10FNOS/c12-9-1-2-10(13-6-9)11(14)5-8-3-4-15-7-8/h1-4,6-7,11,14H,5H2. The van der Waals surface area contributed by atoms with Crippen LogP contribution in [0, 0.1) is 5.82 Å². The summed E-state index contributed by atoms with van der Waals surface area (Å²) in [6.45, 7) is 0. The lowest BCUT2D eigenvalue weighted by Gasteiger charge is -2.08. The Labute approximate surface area is 91.0 Å². The predicted molar refractivity (Wildman–Crippen MR) is 57.2 cm³/mol. The maximum absolute atomic E-state index is 12.6. The van der Waals surface area contributed by atoms with Crippen molar-refractivity contribution in [3.8, 4) is 0 Å². The van der Waals surface area contributed by atoms with Gasteiger partial charge in [-0.1, -0.05) is 0 Å². The van der Waals surface area contributed by atoms with E-state index < -0.39 is 6.10 Å². The Hall–Kier alpha value is -1.26. The molecule has 2 aromatic heterocycles. The summed E-state index contributed by atoms with van der Waals surface area (Å²) in [6.07, 6.45) is 0.967. The Morgan fingerprint density at radius 1 is 1.40 bits per heavy atom. The second kappa shape index (κ2) is 4.51. The Kier molecular flexibility index (Phi) is 3.08. The molecular formula is C11H10FNOS. The van der Waals surface area contributed by atoms with Crippen molar-refractivity contribution >= 4 is 11.3 Å². The number of nitrogens with zero attached hydrogens (tertiary/aromatic N) is 1. The molecule has 1 unspecified atom stereocenters. The Morgan fingerprint density at radius 2 is 2.27 bits per heavy atom. The largest absolute Gasteiger partial charge is 0.386 e. The van der Waals surface area contributed by atoms with E-state index in [0.29, 0.717) is 12.1 Å². The molecule has 1 N–H and O–H groups in total. The van der Waals surface area contributed by atoms with Crippen LogP contribution in [0.25, 0.3) is 0 Å². The highest BCUT2D eigenvalue weighted by atomic mass is 32.1. The summed E-state index contributed by atoms with van der Waals surface area (Å²) in [7, 11) is 0. The van der Waals surface area contributed by atoms with E-state index in [2.05, 4.69) is 4.98 Å². The summed E-state index contributed by atoms with van der Waals surface area (Å²) in [5, 5.41) is 13.7. The van der Waals surface area contributed by atoms with Gasteiger partial charge in [-0.05, 0) is 34.5 Å². The average molecular weight is 223 g/mol. The molecule has 78 valence electrons. The maximum Gasteiger partial charge on any atom is 0.141 e. The zero-order chi connectivity index (χ0) is 10.7. The first-order chi connectivity index (χ1) is 7.25. The van der Waals surface area contributed by atoms with Crippen molar-refractivity contribution in [3.63, 3.8) is 0 Å². The van der Waals surface area contributed by atoms with Crippen LogP contribution in [0.15, 0.2) is 35.2 Å². The average Bonchev–Trinajstić information content (AvgIpc) is 2.71. The highest BCUT2D eigenvalue weighted by molar-refractivity contribution is 7.07. The maximum atomic E-state index is 12.6. The van der Waals surface area contributed by atoms with Crippen LogP contribution in [0.1, 0.15) is 17.4 Å². The Balaban J connectivity index is 2.08. The van der Waals surface area contributed by atoms with E-state index in [-0.39, 0.29) is 5.82 Å². The summed E-state index contributed by atoms with van der Waals surface area (Å²) >= 11 is 1.59. The van der Waals surface area contributed by atoms with E-state index in [4.69, 9.17) is 0 Å². The number of aliphatic hydroxyl groups excluding tert-OH is 1. The molecule has 0 saturated carbocycles. The summed E-state index contributed by atoms with van der Waals surface area (Å²) in [5.41, 5.74) is 1.57. The van der Waals surface area contributed by atoms with Crippen molar-refractivity contribution in [2.75, 3.05) is 0 Å². The fourth-order valence-corrected chi connectivity index (χ4v) is 2.00. The van der Waals surface area contributed by atoms with Gasteiger partial charge in [-0.15, -0.1) is 0 Å². The molecule has 1 atom stereocenters. The van der Waals surface area contributed by atoms with Gasteiger partial charge in [-0.3, -0.25) is 4.98 Å². The van der Waals surface area contributed by atoms with Crippen LogP contribution < -0.4 is 0 Å². The molecule has 2 nitrogen and oxygen atoms in total. The quantitative estimate of drug-likeness (QED) is 0.867. The van der Waals surface area contributed by atoms with Crippen LogP contribution >= 0.6 is 11.3 Å². The molecule has 0 bridgehead atoms. The summed E-state index contributed by atoms with van der Waals surface area (Å²) in [6, 6.07) is 4.77. The number of aliphatic hydroxyl groups is 1. The van der Waals surface area contributed by atoms with Crippen molar-refractivity contribution in [2.24, 2.45) is 0 Å². The lowest BCUT2D eigenvalue weighted by atomic mass is 10.1. The molecule has 2 aromatic rings. The minimum Gasteiger partial charge on any atom is -0.386 e. The Morgan fingerprint density at radius 3 is 2.87 bits per heavy atom. The molecule has 0 aliphatic carbocycles. The summed E-state index contributed by atoms with van der Waals surface area (Å²) in [4.78, 5) is 3.84. The van der Waals surface area contributed by atoms with Gasteiger partial charge in [-0.25, -0.2) is 4.39 Å². The van der Waals surface area contributed by atoms with Gasteiger partial charge in [0, 0.05) is 6.42 Å². The minimum absolute atomic E-state index is 0.388. The number of thiophene rings is 1. The summed E-state index contributed by atoms with van der Waals surface area (Å²) in [5.74, 6) is -0.388. The first kappa shape index (κ1) is 10.3. The van der Waals surface area contributed by atoms with Crippen molar-refractivity contribution in [1.82, 2.24) is 4.98 Å². The van der Waals surface area contributed by atoms with E-state index in [1.165, 1.54) is 12.1 Å². The van der Waals surface area contributed by atoms with Crippen LogP contribution in [0.4, 0.5) is 4.39 Å². The number of hydrogen-bond donors (Lipinski definition) is 1. The molecule has 0 radical (unpaired) electrons. The molecule has 0 aliphatic rings. The van der Waals surface area contributed by atoms with Crippen molar-refractivity contribution in [2.45, 2.75) is 12.5 Å². The van der Waals surface area contributed by atoms with E-state index in [9.17, 15) is 9.50 Å². The monoisotopic (exact) mass is 223 g/mol. The molecule has 4 heteroatoms. The lowest BCUT2D eigenvalue weighted by molar-refractivity contribution is 0.173. The van der Waals surface area contributed by atoms with Gasteiger partial charge in [0.05, 0.1) is 18.0 Å². The summed E-state index contributed by atoms with van der Waals surface area (Å²) < 4.78 is 12.6. The van der Waals surface area contributed by atoms with Gasteiger partial charge in [0.25, 0.3) is 0 Å². The van der Waals surface area contributed by atoms with Gasteiger partial charge in [0.15, 0.2) is 0 Å². The lowest BCUT2D eigenvalue weighted by Crippen LogP contribution is -2.03. The molecule has 0 aliphatic heterocycles. The molecule has 0 saturated heterocycles. The molecule has 0 fully saturated rings. The van der Waals surface area contributed by atoms with Crippen LogP contribution in [0.5, 0.6) is 0 Å². The smallest absolute Gasteiger partial charge is 0.141 e. The van der Waals surface area contributed by atoms with Crippen LogP contribution in [-0.4, -0.2) is 10.1 Å². The third-order valence-electron chi connectivity index (χ3n) is 2.10. The van der Waals surface area contributed by atoms with E-state index in [0.717, 1.165) is 11.8 Å². The molecule has 0 amide bonds. The van der Waals surface area contributed by atoms with Gasteiger partial charge in [-0.2, -0.15) is 11.3 Å². The number of halogens is 1. The zero-order valence-electron chi connectivity index (χ0n) is 7.93. The van der Waals surface area contributed by atoms with Crippen molar-refractivity contribution in [1.29, 1.82) is 0 Å². The normalized spacial score (nSPS) is 12.7. The van der Waals surface area contributed by atoms with E-state index in [1.54, 1.807) is 11.3 Å². The van der Waals surface area contributed by atoms with Crippen molar-refractivity contribution < 1.29 is 9.50 Å². The third kappa shape index (κ3) is 2.61. The van der Waals surface area contributed by atoms with Crippen molar-refractivity contribution in [3.05, 3.63) is 52.2 Å². The predicted octanol–water partition coefficient (Wildman–Crippen LogP) is 2.56. The highest BCUT2D eigenvalue weighted by Crippen LogP contribution is 2.18. The first-order valence-corrected chi connectivity index (χ1v) is 5.50. The molecule has 15 heavy (non-hydrogen) atoms. The molecule has 0 spiro atoms. The third-order valence-corrected chi connectivity index (χ3v) is 2.83. The van der Waals surface area contributed by atoms with Crippen LogP contribution in [0.2, 0.25) is 0 Å². The second-order valence-corrected chi connectivity index (χ2v) is 4.03. The van der Waals surface area contributed by atoms with Gasteiger partial charge in [0.1, 0.15) is 5.82 Å². The minimum atomic E-state index is -0.666. The fraction of sp³-hybridized carbons (Fsp3) is 0.182. The van der Waals surface area contributed by atoms with Crippen LogP contribution in [-0.2, 0) is 6.42 Å².